The fraction of sp³-hybridized carbons (Fsp3) is 0.273. The first-order chi connectivity index (χ1) is 6.93. The summed E-state index contributed by atoms with van der Waals surface area (Å²) in [7, 11) is 0. The van der Waals surface area contributed by atoms with E-state index >= 15 is 0 Å². The van der Waals surface area contributed by atoms with Gasteiger partial charge in [0.25, 0.3) is 0 Å². The largest absolute Gasteiger partial charge is 0.360 e. The van der Waals surface area contributed by atoms with Crippen LogP contribution in [0.3, 0.4) is 0 Å². The number of nitrogens with one attached hydrogen (secondary N) is 2. The zero-order valence-electron chi connectivity index (χ0n) is 7.79. The number of para-hydroxylation sites is 1. The van der Waals surface area contributed by atoms with Gasteiger partial charge in [-0.05, 0) is 6.07 Å². The van der Waals surface area contributed by atoms with Crippen LogP contribution in [0.1, 0.15) is 0 Å². The van der Waals surface area contributed by atoms with E-state index in [0.717, 1.165) is 18.3 Å². The molecular formula is C11H12N2S. The molecular weight excluding hydrogens is 192 g/mol. The lowest BCUT2D eigenvalue weighted by Crippen LogP contribution is -2.44. The third-order valence-electron chi connectivity index (χ3n) is 2.59. The molecule has 0 radical (unpaired) electrons. The summed E-state index contributed by atoms with van der Waals surface area (Å²) in [5.74, 6) is 0. The van der Waals surface area contributed by atoms with Gasteiger partial charge in [-0.15, -0.1) is 11.8 Å². The summed E-state index contributed by atoms with van der Waals surface area (Å²) in [4.78, 5) is 4.68. The molecule has 0 unspecified atom stereocenters. The van der Waals surface area contributed by atoms with Crippen LogP contribution in [0.2, 0.25) is 0 Å². The number of H-pyrrole nitrogens is 1. The molecule has 3 rings (SSSR count). The van der Waals surface area contributed by atoms with Crippen molar-refractivity contribution in [3.8, 4) is 0 Å². The van der Waals surface area contributed by atoms with Gasteiger partial charge in [0.2, 0.25) is 0 Å². The van der Waals surface area contributed by atoms with Crippen molar-refractivity contribution in [2.24, 2.45) is 0 Å². The van der Waals surface area contributed by atoms with Crippen LogP contribution in [0.25, 0.3) is 10.9 Å². The molecule has 1 aromatic carbocycles. The minimum Gasteiger partial charge on any atom is -0.360 e. The van der Waals surface area contributed by atoms with Crippen LogP contribution in [-0.4, -0.2) is 23.3 Å². The van der Waals surface area contributed by atoms with Gasteiger partial charge in [-0.2, -0.15) is 0 Å². The number of benzene rings is 1. The SMILES string of the molecule is c1ccc2c(SC3CNC3)c[nH]c2c1. The number of hydrogen-bond acceptors (Lipinski definition) is 2. The Kier molecular flexibility index (Phi) is 2.00. The average molecular weight is 204 g/mol. The number of thioether (sulfide) groups is 1. The lowest BCUT2D eigenvalue weighted by molar-refractivity contribution is 0.544. The maximum absolute atomic E-state index is 3.30. The molecule has 14 heavy (non-hydrogen) atoms. The third kappa shape index (κ3) is 1.33. The Balaban J connectivity index is 1.95. The highest BCUT2D eigenvalue weighted by molar-refractivity contribution is 8.00. The summed E-state index contributed by atoms with van der Waals surface area (Å²) in [6.07, 6.45) is 2.12. The van der Waals surface area contributed by atoms with Crippen LogP contribution < -0.4 is 5.32 Å². The number of fused-ring (bicyclic) bond motifs is 1. The second-order valence-electron chi connectivity index (χ2n) is 3.60. The molecule has 1 aromatic heterocycles. The summed E-state index contributed by atoms with van der Waals surface area (Å²) in [5, 5.41) is 5.40. The minimum absolute atomic E-state index is 0.759. The van der Waals surface area contributed by atoms with Crippen LogP contribution in [-0.2, 0) is 0 Å². The molecule has 2 heterocycles. The summed E-state index contributed by atoms with van der Waals surface area (Å²) in [6.45, 7) is 2.29. The lowest BCUT2D eigenvalue weighted by Gasteiger charge is -2.25. The Labute approximate surface area is 87.1 Å². The Morgan fingerprint density at radius 2 is 2.07 bits per heavy atom. The standard InChI is InChI=1S/C11H12N2S/c1-2-4-10-9(3-1)11(7-13-10)14-8-5-12-6-8/h1-4,7-8,12-13H,5-6H2. The summed E-state index contributed by atoms with van der Waals surface area (Å²) >= 11 is 1.97. The first kappa shape index (κ1) is 8.38. The fourth-order valence-corrected chi connectivity index (χ4v) is 2.86. The Morgan fingerprint density at radius 1 is 1.21 bits per heavy atom. The van der Waals surface area contributed by atoms with E-state index in [0.29, 0.717) is 0 Å². The molecule has 72 valence electrons. The Morgan fingerprint density at radius 3 is 2.86 bits per heavy atom. The van der Waals surface area contributed by atoms with Crippen molar-refractivity contribution in [1.29, 1.82) is 0 Å². The van der Waals surface area contributed by atoms with Gasteiger partial charge in [-0.25, -0.2) is 0 Å². The number of aromatic nitrogens is 1. The summed E-state index contributed by atoms with van der Waals surface area (Å²) < 4.78 is 0. The van der Waals surface area contributed by atoms with E-state index in [1.54, 1.807) is 0 Å². The van der Waals surface area contributed by atoms with Gasteiger partial charge in [-0.3, -0.25) is 0 Å². The summed E-state index contributed by atoms with van der Waals surface area (Å²) in [5.41, 5.74) is 1.24. The number of aromatic amines is 1. The van der Waals surface area contributed by atoms with Crippen molar-refractivity contribution < 1.29 is 0 Å². The van der Waals surface area contributed by atoms with Crippen molar-refractivity contribution in [2.75, 3.05) is 13.1 Å². The molecule has 2 aromatic rings. The van der Waals surface area contributed by atoms with Crippen molar-refractivity contribution in [1.82, 2.24) is 10.3 Å². The third-order valence-corrected chi connectivity index (χ3v) is 3.85. The molecule has 0 aliphatic carbocycles. The molecule has 0 saturated carbocycles. The molecule has 0 spiro atoms. The Hall–Kier alpha value is -0.930. The molecule has 3 heteroatoms. The van der Waals surface area contributed by atoms with E-state index in [2.05, 4.69) is 40.8 Å². The molecule has 1 fully saturated rings. The Bertz CT molecular complexity index is 445. The van der Waals surface area contributed by atoms with E-state index < -0.39 is 0 Å². The van der Waals surface area contributed by atoms with Crippen molar-refractivity contribution in [3.63, 3.8) is 0 Å². The molecule has 2 nitrogen and oxygen atoms in total. The second kappa shape index (κ2) is 3.33. The van der Waals surface area contributed by atoms with Gasteiger partial charge < -0.3 is 10.3 Å². The van der Waals surface area contributed by atoms with E-state index in [1.165, 1.54) is 15.8 Å². The fourth-order valence-electron chi connectivity index (χ4n) is 1.67. The van der Waals surface area contributed by atoms with E-state index in [1.807, 2.05) is 11.8 Å². The van der Waals surface area contributed by atoms with Gasteiger partial charge in [-0.1, -0.05) is 18.2 Å². The highest BCUT2D eigenvalue weighted by atomic mass is 32.2. The van der Waals surface area contributed by atoms with Crippen molar-refractivity contribution >= 4 is 22.7 Å². The summed E-state index contributed by atoms with van der Waals surface area (Å²) in [6, 6.07) is 8.47. The second-order valence-corrected chi connectivity index (χ2v) is 4.94. The van der Waals surface area contributed by atoms with Gasteiger partial charge in [0, 0.05) is 40.3 Å². The van der Waals surface area contributed by atoms with E-state index in [4.69, 9.17) is 0 Å². The first-order valence-corrected chi connectivity index (χ1v) is 5.75. The van der Waals surface area contributed by atoms with Crippen molar-refractivity contribution in [3.05, 3.63) is 30.5 Å². The molecule has 2 N–H and O–H groups in total. The maximum Gasteiger partial charge on any atom is 0.0465 e. The first-order valence-electron chi connectivity index (χ1n) is 4.87. The smallest absolute Gasteiger partial charge is 0.0465 e. The quantitative estimate of drug-likeness (QED) is 0.785. The predicted molar refractivity (Wildman–Crippen MR) is 60.8 cm³/mol. The predicted octanol–water partition coefficient (Wildman–Crippen LogP) is 2.23. The maximum atomic E-state index is 3.30. The van der Waals surface area contributed by atoms with Gasteiger partial charge in [0.1, 0.15) is 0 Å². The van der Waals surface area contributed by atoms with Gasteiger partial charge >= 0.3 is 0 Å². The molecule has 1 saturated heterocycles. The lowest BCUT2D eigenvalue weighted by atomic mass is 10.2. The molecule has 1 aliphatic heterocycles. The molecule has 0 bridgehead atoms. The van der Waals surface area contributed by atoms with E-state index in [9.17, 15) is 0 Å². The highest BCUT2D eigenvalue weighted by Crippen LogP contribution is 2.31. The topological polar surface area (TPSA) is 27.8 Å². The molecule has 0 amide bonds. The van der Waals surface area contributed by atoms with Gasteiger partial charge in [0.15, 0.2) is 0 Å². The van der Waals surface area contributed by atoms with Gasteiger partial charge in [0.05, 0.1) is 0 Å². The normalized spacial score (nSPS) is 17.1. The minimum atomic E-state index is 0.759. The van der Waals surface area contributed by atoms with Crippen LogP contribution in [0.5, 0.6) is 0 Å². The molecule has 1 aliphatic rings. The van der Waals surface area contributed by atoms with Crippen LogP contribution in [0.4, 0.5) is 0 Å². The highest BCUT2D eigenvalue weighted by Gasteiger charge is 2.19. The van der Waals surface area contributed by atoms with Crippen LogP contribution in [0.15, 0.2) is 35.4 Å². The zero-order valence-corrected chi connectivity index (χ0v) is 8.60. The van der Waals surface area contributed by atoms with Crippen LogP contribution in [0, 0.1) is 0 Å². The molecule has 0 atom stereocenters. The van der Waals surface area contributed by atoms with Crippen molar-refractivity contribution in [2.45, 2.75) is 10.1 Å². The van der Waals surface area contributed by atoms with Crippen LogP contribution >= 0.6 is 11.8 Å². The number of hydrogen-bond donors (Lipinski definition) is 2. The average Bonchev–Trinajstić information content (AvgIpc) is 2.55. The number of rotatable bonds is 2. The van der Waals surface area contributed by atoms with E-state index in [-0.39, 0.29) is 0 Å². The monoisotopic (exact) mass is 204 g/mol. The zero-order chi connectivity index (χ0) is 9.38.